The molecule has 0 bridgehead atoms. The summed E-state index contributed by atoms with van der Waals surface area (Å²) in [5.41, 5.74) is 0.990. The molecule has 2 saturated heterocycles. The summed E-state index contributed by atoms with van der Waals surface area (Å²) in [6.07, 6.45) is 6.87. The maximum Gasteiger partial charge on any atom is 0.308 e. The zero-order valence-corrected chi connectivity index (χ0v) is 22.2. The number of fused-ring (bicyclic) bond motifs is 1. The van der Waals surface area contributed by atoms with E-state index in [1.165, 1.54) is 29.3 Å². The summed E-state index contributed by atoms with van der Waals surface area (Å²) in [6.45, 7) is 2.48. The van der Waals surface area contributed by atoms with Crippen molar-refractivity contribution < 1.29 is 19.1 Å². The Kier molecular flexibility index (Phi) is 7.04. The van der Waals surface area contributed by atoms with Gasteiger partial charge in [-0.15, -0.1) is 0 Å². The highest BCUT2D eigenvalue weighted by Crippen LogP contribution is 2.38. The third kappa shape index (κ3) is 4.63. The van der Waals surface area contributed by atoms with Crippen LogP contribution in [0.1, 0.15) is 43.2 Å². The number of anilines is 1. The molecule has 10 nitrogen and oxygen atoms in total. The number of nitrogens with one attached hydrogen (secondary N) is 1. The number of pyridine rings is 1. The smallest absolute Gasteiger partial charge is 0.308 e. The van der Waals surface area contributed by atoms with Gasteiger partial charge in [0.2, 0.25) is 5.91 Å². The number of amides is 2. The molecule has 2 aromatic heterocycles. The molecule has 1 saturated carbocycles. The van der Waals surface area contributed by atoms with E-state index >= 15 is 0 Å². The number of piperazine rings is 1. The molecule has 5 rings (SSSR count). The summed E-state index contributed by atoms with van der Waals surface area (Å²) in [5.74, 6) is -0.889. The van der Waals surface area contributed by atoms with Gasteiger partial charge in [-0.05, 0) is 37.5 Å². The zero-order chi connectivity index (χ0) is 26.3. The van der Waals surface area contributed by atoms with E-state index in [1.807, 2.05) is 13.0 Å². The Morgan fingerprint density at radius 3 is 2.78 bits per heavy atom. The molecule has 1 aliphatic carbocycles. The first kappa shape index (κ1) is 25.4. The Balaban J connectivity index is 1.66. The normalized spacial score (nSPS) is 21.8. The van der Waals surface area contributed by atoms with Crippen LogP contribution in [-0.4, -0.2) is 68.7 Å². The van der Waals surface area contributed by atoms with Crippen molar-refractivity contribution in [2.24, 2.45) is 0 Å². The van der Waals surface area contributed by atoms with Crippen molar-refractivity contribution in [1.82, 2.24) is 19.6 Å². The molecule has 37 heavy (non-hydrogen) atoms. The van der Waals surface area contributed by atoms with Crippen LogP contribution < -0.4 is 15.8 Å². The lowest BCUT2D eigenvalue weighted by Crippen LogP contribution is -2.57. The maximum absolute atomic E-state index is 13.8. The molecule has 0 aromatic carbocycles. The number of methoxy groups -OCH3 is 1. The van der Waals surface area contributed by atoms with E-state index in [2.05, 4.69) is 5.32 Å². The topological polar surface area (TPSA) is 113 Å². The number of aromatic nitrogens is 2. The molecule has 2 aromatic rings. The molecule has 0 spiro atoms. The molecule has 2 aliphatic heterocycles. The molecular formula is C25H27N5O5S2. The van der Waals surface area contributed by atoms with Crippen molar-refractivity contribution in [3.05, 3.63) is 44.7 Å². The Bertz CT molecular complexity index is 1400. The van der Waals surface area contributed by atoms with Crippen LogP contribution in [0.3, 0.4) is 0 Å². The lowest BCUT2D eigenvalue weighted by Gasteiger charge is -2.36. The summed E-state index contributed by atoms with van der Waals surface area (Å²) >= 11 is 6.71. The summed E-state index contributed by atoms with van der Waals surface area (Å²) in [7, 11) is 1.26. The van der Waals surface area contributed by atoms with Gasteiger partial charge >= 0.3 is 5.97 Å². The molecule has 1 N–H and O–H groups in total. The van der Waals surface area contributed by atoms with Crippen LogP contribution in [0, 0.1) is 6.92 Å². The highest BCUT2D eigenvalue weighted by molar-refractivity contribution is 8.26. The SMILES string of the molecule is COC(=O)C[C@H]1C(=O)NCCN1c1nc2c(C)cccn2c(=O)c1/C=C1\SC(=S)N(C2CCCC2)C1=O. The van der Waals surface area contributed by atoms with E-state index in [9.17, 15) is 19.2 Å². The summed E-state index contributed by atoms with van der Waals surface area (Å²) in [5, 5.41) is 2.77. The second-order valence-corrected chi connectivity index (χ2v) is 11.0. The van der Waals surface area contributed by atoms with E-state index in [0.29, 0.717) is 28.0 Å². The molecule has 2 amide bonds. The van der Waals surface area contributed by atoms with Crippen LogP contribution in [0.25, 0.3) is 11.7 Å². The Hall–Kier alpha value is -3.25. The lowest BCUT2D eigenvalue weighted by molar-refractivity contribution is -0.143. The van der Waals surface area contributed by atoms with Crippen molar-refractivity contribution in [2.45, 2.75) is 51.1 Å². The number of hydrogen-bond donors (Lipinski definition) is 1. The minimum absolute atomic E-state index is 0.0755. The fourth-order valence-corrected chi connectivity index (χ4v) is 6.53. The quantitative estimate of drug-likeness (QED) is 0.345. The second kappa shape index (κ2) is 10.3. The lowest BCUT2D eigenvalue weighted by atomic mass is 10.1. The fraction of sp³-hybridized carbons (Fsp3) is 0.440. The minimum atomic E-state index is -0.917. The predicted octanol–water partition coefficient (Wildman–Crippen LogP) is 2.01. The van der Waals surface area contributed by atoms with Gasteiger partial charge in [0.25, 0.3) is 11.5 Å². The van der Waals surface area contributed by atoms with Crippen molar-refractivity contribution in [2.75, 3.05) is 25.1 Å². The van der Waals surface area contributed by atoms with Gasteiger partial charge in [0.05, 0.1) is 24.0 Å². The average molecular weight is 542 g/mol. The van der Waals surface area contributed by atoms with Gasteiger partial charge in [0.1, 0.15) is 21.8 Å². The number of carbonyl (C=O) groups excluding carboxylic acids is 3. The molecule has 3 fully saturated rings. The number of rotatable bonds is 5. The summed E-state index contributed by atoms with van der Waals surface area (Å²) in [4.78, 5) is 60.7. The van der Waals surface area contributed by atoms with Crippen molar-refractivity contribution in [3.63, 3.8) is 0 Å². The van der Waals surface area contributed by atoms with Crippen molar-refractivity contribution in [1.29, 1.82) is 0 Å². The standard InChI is InChI=1S/C25H27N5O5S2/c1-14-6-5-10-29-20(14)27-21(28-11-9-26-22(32)17(28)13-19(31)35-2)16(23(29)33)12-18-24(34)30(25(36)37-18)15-7-3-4-8-15/h5-6,10,12,15,17H,3-4,7-9,11,13H2,1-2H3,(H,26,32)/b18-12-/t17-/m0/s1. The van der Waals surface area contributed by atoms with Crippen LogP contribution in [0.2, 0.25) is 0 Å². The van der Waals surface area contributed by atoms with Gasteiger partial charge in [-0.1, -0.05) is 42.9 Å². The van der Waals surface area contributed by atoms with E-state index in [4.69, 9.17) is 21.9 Å². The molecule has 12 heteroatoms. The van der Waals surface area contributed by atoms with Crippen LogP contribution in [0.15, 0.2) is 28.0 Å². The minimum Gasteiger partial charge on any atom is -0.469 e. The van der Waals surface area contributed by atoms with E-state index < -0.39 is 12.0 Å². The molecule has 0 radical (unpaired) electrons. The molecule has 1 atom stereocenters. The molecule has 3 aliphatic rings. The molecule has 194 valence electrons. The van der Waals surface area contributed by atoms with E-state index in [1.54, 1.807) is 22.1 Å². The van der Waals surface area contributed by atoms with Crippen molar-refractivity contribution in [3.8, 4) is 0 Å². The van der Waals surface area contributed by atoms with Gasteiger partial charge in [-0.3, -0.25) is 28.5 Å². The number of thiocarbonyl (C=S) groups is 1. The predicted molar refractivity (Wildman–Crippen MR) is 144 cm³/mol. The van der Waals surface area contributed by atoms with Crippen LogP contribution in [0.4, 0.5) is 5.82 Å². The number of nitrogens with zero attached hydrogens (tertiary/aromatic N) is 4. The number of esters is 1. The zero-order valence-electron chi connectivity index (χ0n) is 20.6. The third-order valence-corrected chi connectivity index (χ3v) is 8.37. The Morgan fingerprint density at radius 1 is 1.30 bits per heavy atom. The number of thioether (sulfide) groups is 1. The van der Waals surface area contributed by atoms with Gasteiger partial charge in [-0.2, -0.15) is 0 Å². The van der Waals surface area contributed by atoms with E-state index in [-0.39, 0.29) is 41.2 Å². The Morgan fingerprint density at radius 2 is 2.05 bits per heavy atom. The van der Waals surface area contributed by atoms with Gasteiger partial charge in [0.15, 0.2) is 0 Å². The molecule has 4 heterocycles. The first-order valence-corrected chi connectivity index (χ1v) is 13.4. The second-order valence-electron chi connectivity index (χ2n) is 9.31. The molecular weight excluding hydrogens is 514 g/mol. The number of carbonyl (C=O) groups is 3. The fourth-order valence-electron chi connectivity index (χ4n) is 5.15. The average Bonchev–Trinajstić information content (AvgIpc) is 3.50. The molecule has 0 unspecified atom stereocenters. The largest absolute Gasteiger partial charge is 0.469 e. The Labute approximate surface area is 223 Å². The van der Waals surface area contributed by atoms with Gasteiger partial charge in [0, 0.05) is 25.3 Å². The summed E-state index contributed by atoms with van der Waals surface area (Å²) < 4.78 is 6.73. The van der Waals surface area contributed by atoms with Crippen molar-refractivity contribution >= 4 is 63.6 Å². The number of hydrogen-bond acceptors (Lipinski definition) is 9. The number of ether oxygens (including phenoxy) is 1. The maximum atomic E-state index is 13.8. The van der Waals surface area contributed by atoms with Crippen LogP contribution in [0.5, 0.6) is 0 Å². The van der Waals surface area contributed by atoms with E-state index in [0.717, 1.165) is 31.2 Å². The van der Waals surface area contributed by atoms with Crippen LogP contribution in [-0.2, 0) is 19.1 Å². The third-order valence-electron chi connectivity index (χ3n) is 7.04. The summed E-state index contributed by atoms with van der Waals surface area (Å²) in [6, 6.07) is 2.75. The first-order valence-electron chi connectivity index (χ1n) is 12.2. The van der Waals surface area contributed by atoms with Gasteiger partial charge in [-0.25, -0.2) is 4.98 Å². The van der Waals surface area contributed by atoms with Gasteiger partial charge < -0.3 is 15.0 Å². The van der Waals surface area contributed by atoms with Crippen LogP contribution >= 0.6 is 24.0 Å². The number of aryl methyl sites for hydroxylation is 1. The first-order chi connectivity index (χ1) is 17.8. The highest BCUT2D eigenvalue weighted by Gasteiger charge is 2.39. The monoisotopic (exact) mass is 541 g/mol. The highest BCUT2D eigenvalue weighted by atomic mass is 32.2.